The maximum Gasteiger partial charge on any atom is 0.142 e. The van der Waals surface area contributed by atoms with E-state index in [1.54, 1.807) is 13.2 Å². The largest absolute Gasteiger partial charge is 0.495 e. The molecule has 20 heavy (non-hydrogen) atoms. The number of nitriles is 2. The highest BCUT2D eigenvalue weighted by Crippen LogP contribution is 2.32. The van der Waals surface area contributed by atoms with Crippen molar-refractivity contribution in [3.8, 4) is 17.9 Å². The van der Waals surface area contributed by atoms with E-state index in [9.17, 15) is 0 Å². The Hall–Kier alpha value is -2.46. The highest BCUT2D eigenvalue weighted by Gasteiger charge is 2.12. The summed E-state index contributed by atoms with van der Waals surface area (Å²) in [5, 5.41) is 17.7. The molecule has 0 unspecified atom stereocenters. The van der Waals surface area contributed by atoms with E-state index < -0.39 is 0 Å². The molecule has 0 amide bonds. The van der Waals surface area contributed by atoms with E-state index in [4.69, 9.17) is 15.3 Å². The molecular formula is C16H19N3O. The van der Waals surface area contributed by atoms with Gasteiger partial charge in [-0.25, -0.2) is 0 Å². The molecule has 0 aliphatic rings. The van der Waals surface area contributed by atoms with Crippen LogP contribution in [0.2, 0.25) is 0 Å². The SMILES string of the molecule is CCN(CC)c1cc(C)c(C=C(C#N)C#N)cc1OC. The fourth-order valence-electron chi connectivity index (χ4n) is 2.06. The van der Waals surface area contributed by atoms with Crippen molar-refractivity contribution in [1.29, 1.82) is 10.5 Å². The summed E-state index contributed by atoms with van der Waals surface area (Å²) in [5.74, 6) is 0.751. The molecule has 0 aromatic heterocycles. The fourth-order valence-corrected chi connectivity index (χ4v) is 2.06. The van der Waals surface area contributed by atoms with E-state index in [1.807, 2.05) is 31.2 Å². The third-order valence-corrected chi connectivity index (χ3v) is 3.21. The summed E-state index contributed by atoms with van der Waals surface area (Å²) >= 11 is 0. The lowest BCUT2D eigenvalue weighted by atomic mass is 10.0. The van der Waals surface area contributed by atoms with Crippen LogP contribution in [0.15, 0.2) is 17.7 Å². The van der Waals surface area contributed by atoms with E-state index in [1.165, 1.54) is 0 Å². The summed E-state index contributed by atoms with van der Waals surface area (Å²) in [5.41, 5.74) is 2.96. The van der Waals surface area contributed by atoms with Gasteiger partial charge in [0.05, 0.1) is 12.8 Å². The molecule has 1 aromatic rings. The molecule has 4 nitrogen and oxygen atoms in total. The zero-order valence-electron chi connectivity index (χ0n) is 12.4. The molecule has 0 N–H and O–H groups in total. The first kappa shape index (κ1) is 15.6. The van der Waals surface area contributed by atoms with Crippen molar-refractivity contribution in [3.05, 3.63) is 28.8 Å². The molecule has 1 rings (SSSR count). The Morgan fingerprint density at radius 1 is 1.25 bits per heavy atom. The number of methoxy groups -OCH3 is 1. The van der Waals surface area contributed by atoms with Gasteiger partial charge in [-0.15, -0.1) is 0 Å². The molecule has 1 aromatic carbocycles. The van der Waals surface area contributed by atoms with Gasteiger partial charge in [-0.1, -0.05) is 0 Å². The number of allylic oxidation sites excluding steroid dienone is 1. The van der Waals surface area contributed by atoms with Crippen molar-refractivity contribution in [3.63, 3.8) is 0 Å². The number of rotatable bonds is 5. The van der Waals surface area contributed by atoms with Crippen LogP contribution in [0, 0.1) is 29.6 Å². The van der Waals surface area contributed by atoms with Gasteiger partial charge in [0.1, 0.15) is 23.5 Å². The molecular weight excluding hydrogens is 250 g/mol. The lowest BCUT2D eigenvalue weighted by molar-refractivity contribution is 0.414. The fraction of sp³-hybridized carbons (Fsp3) is 0.375. The molecule has 0 atom stereocenters. The van der Waals surface area contributed by atoms with Crippen LogP contribution in [0.5, 0.6) is 5.75 Å². The van der Waals surface area contributed by atoms with Gasteiger partial charge < -0.3 is 9.64 Å². The van der Waals surface area contributed by atoms with Crippen molar-refractivity contribution >= 4 is 11.8 Å². The van der Waals surface area contributed by atoms with Crippen LogP contribution < -0.4 is 9.64 Å². The molecule has 0 aliphatic heterocycles. The summed E-state index contributed by atoms with van der Waals surface area (Å²) in [6.45, 7) is 7.93. The summed E-state index contributed by atoms with van der Waals surface area (Å²) in [7, 11) is 1.63. The van der Waals surface area contributed by atoms with Gasteiger partial charge in [-0.2, -0.15) is 10.5 Å². The van der Waals surface area contributed by atoms with Crippen LogP contribution in [0.3, 0.4) is 0 Å². The summed E-state index contributed by atoms with van der Waals surface area (Å²) in [6.07, 6.45) is 1.59. The van der Waals surface area contributed by atoms with Gasteiger partial charge in [0.15, 0.2) is 0 Å². The van der Waals surface area contributed by atoms with Crippen molar-refractivity contribution in [2.75, 3.05) is 25.1 Å². The number of aryl methyl sites for hydroxylation is 1. The molecule has 4 heteroatoms. The third-order valence-electron chi connectivity index (χ3n) is 3.21. The van der Waals surface area contributed by atoms with Gasteiger partial charge in [0.25, 0.3) is 0 Å². The second-order valence-electron chi connectivity index (χ2n) is 4.33. The number of ether oxygens (including phenoxy) is 1. The molecule has 0 saturated heterocycles. The molecule has 0 bridgehead atoms. The normalized spacial score (nSPS) is 9.30. The molecule has 0 radical (unpaired) electrons. The van der Waals surface area contributed by atoms with Gasteiger partial charge in [-0.05, 0) is 50.1 Å². The third kappa shape index (κ3) is 3.30. The average molecular weight is 269 g/mol. The predicted octanol–water partition coefficient (Wildman–Crippen LogP) is 3.28. The Labute approximate surface area is 120 Å². The van der Waals surface area contributed by atoms with Crippen molar-refractivity contribution in [2.24, 2.45) is 0 Å². The lowest BCUT2D eigenvalue weighted by Gasteiger charge is -2.24. The first-order valence-electron chi connectivity index (χ1n) is 6.56. The number of benzene rings is 1. The Bertz CT molecular complexity index is 571. The van der Waals surface area contributed by atoms with Crippen LogP contribution >= 0.6 is 0 Å². The standard InChI is InChI=1S/C16H19N3O/c1-5-19(6-2)15-7-12(3)14(9-16(15)20-4)8-13(10-17)11-18/h7-9H,5-6H2,1-4H3. The first-order chi connectivity index (χ1) is 9.60. The van der Waals surface area contributed by atoms with Crippen LogP contribution in [0.25, 0.3) is 6.08 Å². The maximum absolute atomic E-state index is 8.84. The minimum atomic E-state index is 0.0887. The predicted molar refractivity (Wildman–Crippen MR) is 80.5 cm³/mol. The van der Waals surface area contributed by atoms with Crippen molar-refractivity contribution < 1.29 is 4.74 Å². The Kier molecular flexibility index (Phi) is 5.62. The van der Waals surface area contributed by atoms with Gasteiger partial charge in [0.2, 0.25) is 0 Å². The van der Waals surface area contributed by atoms with E-state index in [-0.39, 0.29) is 5.57 Å². The second kappa shape index (κ2) is 7.21. The Morgan fingerprint density at radius 3 is 2.30 bits per heavy atom. The van der Waals surface area contributed by atoms with Crippen LogP contribution in [-0.4, -0.2) is 20.2 Å². The molecule has 0 saturated carbocycles. The molecule has 0 fully saturated rings. The van der Waals surface area contributed by atoms with E-state index in [0.717, 1.165) is 35.7 Å². The summed E-state index contributed by atoms with van der Waals surface area (Å²) in [4.78, 5) is 2.20. The number of hydrogen-bond acceptors (Lipinski definition) is 4. The van der Waals surface area contributed by atoms with Gasteiger partial charge in [-0.3, -0.25) is 0 Å². The van der Waals surface area contributed by atoms with E-state index >= 15 is 0 Å². The Morgan fingerprint density at radius 2 is 1.85 bits per heavy atom. The smallest absolute Gasteiger partial charge is 0.142 e. The van der Waals surface area contributed by atoms with E-state index in [2.05, 4.69) is 18.7 Å². The van der Waals surface area contributed by atoms with Crippen LogP contribution in [0.1, 0.15) is 25.0 Å². The first-order valence-corrected chi connectivity index (χ1v) is 6.56. The zero-order chi connectivity index (χ0) is 15.1. The monoisotopic (exact) mass is 269 g/mol. The molecule has 0 heterocycles. The highest BCUT2D eigenvalue weighted by molar-refractivity contribution is 5.71. The van der Waals surface area contributed by atoms with Gasteiger partial charge >= 0.3 is 0 Å². The lowest BCUT2D eigenvalue weighted by Crippen LogP contribution is -2.22. The summed E-state index contributed by atoms with van der Waals surface area (Å²) in [6, 6.07) is 7.65. The van der Waals surface area contributed by atoms with Crippen LogP contribution in [0.4, 0.5) is 5.69 Å². The number of hydrogen-bond donors (Lipinski definition) is 0. The second-order valence-corrected chi connectivity index (χ2v) is 4.33. The van der Waals surface area contributed by atoms with Gasteiger partial charge in [0, 0.05) is 13.1 Å². The van der Waals surface area contributed by atoms with Crippen molar-refractivity contribution in [1.82, 2.24) is 0 Å². The molecule has 104 valence electrons. The van der Waals surface area contributed by atoms with Crippen LogP contribution in [-0.2, 0) is 0 Å². The highest BCUT2D eigenvalue weighted by atomic mass is 16.5. The summed E-state index contributed by atoms with van der Waals surface area (Å²) < 4.78 is 5.44. The zero-order valence-corrected chi connectivity index (χ0v) is 12.4. The minimum absolute atomic E-state index is 0.0887. The molecule has 0 aliphatic carbocycles. The molecule has 0 spiro atoms. The minimum Gasteiger partial charge on any atom is -0.495 e. The van der Waals surface area contributed by atoms with Crippen molar-refractivity contribution in [2.45, 2.75) is 20.8 Å². The average Bonchev–Trinajstić information content (AvgIpc) is 2.47. The topological polar surface area (TPSA) is 60.0 Å². The quantitative estimate of drug-likeness (QED) is 0.770. The number of anilines is 1. The number of nitrogens with zero attached hydrogens (tertiary/aromatic N) is 3. The van der Waals surface area contributed by atoms with E-state index in [0.29, 0.717) is 0 Å². The Balaban J connectivity index is 3.38. The maximum atomic E-state index is 8.84.